The topological polar surface area (TPSA) is 80.0 Å². The van der Waals surface area contributed by atoms with Crippen molar-refractivity contribution in [2.45, 2.75) is 32.5 Å². The summed E-state index contributed by atoms with van der Waals surface area (Å²) < 4.78 is 11.2. The van der Waals surface area contributed by atoms with E-state index in [9.17, 15) is 14.7 Å². The third-order valence-electron chi connectivity index (χ3n) is 6.06. The highest BCUT2D eigenvalue weighted by atomic mass is 16.5. The second-order valence-corrected chi connectivity index (χ2v) is 8.77. The molecule has 3 aromatic carbocycles. The van der Waals surface area contributed by atoms with E-state index in [1.54, 1.807) is 36.4 Å². The summed E-state index contributed by atoms with van der Waals surface area (Å²) in [5.74, 6) is -0.429. The van der Waals surface area contributed by atoms with Crippen molar-refractivity contribution >= 4 is 28.2 Å². The molecular weight excluding hydrogens is 442 g/mol. The van der Waals surface area contributed by atoms with Gasteiger partial charge in [0.2, 0.25) is 0 Å². The second kappa shape index (κ2) is 9.14. The maximum Gasteiger partial charge on any atom is 0.296 e. The maximum absolute atomic E-state index is 13.3. The van der Waals surface area contributed by atoms with E-state index >= 15 is 0 Å². The summed E-state index contributed by atoms with van der Waals surface area (Å²) >= 11 is 0. The first-order chi connectivity index (χ1) is 16.9. The van der Waals surface area contributed by atoms with E-state index in [2.05, 4.69) is 0 Å². The molecule has 1 aromatic heterocycles. The molecule has 0 spiro atoms. The highest BCUT2D eigenvalue weighted by Crippen LogP contribution is 2.42. The van der Waals surface area contributed by atoms with E-state index < -0.39 is 17.7 Å². The van der Waals surface area contributed by atoms with Gasteiger partial charge in [-0.25, -0.2) is 0 Å². The number of aliphatic hydroxyl groups is 1. The molecule has 1 unspecified atom stereocenters. The number of carbonyl (C=O) groups excluding carboxylic acids is 2. The number of fused-ring (bicyclic) bond motifs is 1. The van der Waals surface area contributed by atoms with Crippen LogP contribution in [-0.4, -0.2) is 27.8 Å². The van der Waals surface area contributed by atoms with Gasteiger partial charge in [-0.3, -0.25) is 9.59 Å². The predicted molar refractivity (Wildman–Crippen MR) is 133 cm³/mol. The van der Waals surface area contributed by atoms with E-state index in [0.717, 1.165) is 16.3 Å². The Morgan fingerprint density at radius 1 is 0.971 bits per heavy atom. The highest BCUT2D eigenvalue weighted by molar-refractivity contribution is 6.46. The van der Waals surface area contributed by atoms with Gasteiger partial charge in [-0.2, -0.15) is 0 Å². The van der Waals surface area contributed by atoms with E-state index in [-0.39, 0.29) is 24.0 Å². The van der Waals surface area contributed by atoms with Gasteiger partial charge >= 0.3 is 0 Å². The number of ketones is 1. The summed E-state index contributed by atoms with van der Waals surface area (Å²) in [6.45, 7) is 3.96. The number of Topliss-reactive ketones (excluding diaryl/α,β-unsaturated/α-hetero) is 1. The van der Waals surface area contributed by atoms with E-state index in [4.69, 9.17) is 9.15 Å². The number of rotatable bonds is 6. The highest BCUT2D eigenvalue weighted by Gasteiger charge is 2.46. The summed E-state index contributed by atoms with van der Waals surface area (Å²) in [7, 11) is 0. The lowest BCUT2D eigenvalue weighted by molar-refractivity contribution is -0.140. The Morgan fingerprint density at radius 3 is 2.43 bits per heavy atom. The lowest BCUT2D eigenvalue weighted by Gasteiger charge is -2.25. The Labute approximate surface area is 203 Å². The van der Waals surface area contributed by atoms with Crippen LogP contribution in [0, 0.1) is 0 Å². The van der Waals surface area contributed by atoms with Crippen molar-refractivity contribution in [3.8, 4) is 5.75 Å². The van der Waals surface area contributed by atoms with Gasteiger partial charge in [0.25, 0.3) is 11.7 Å². The molecule has 0 bridgehead atoms. The van der Waals surface area contributed by atoms with Gasteiger partial charge in [0.15, 0.2) is 0 Å². The number of carbonyl (C=O) groups is 2. The number of aliphatic hydroxyl groups excluding tert-OH is 1. The van der Waals surface area contributed by atoms with Gasteiger partial charge in [-0.1, -0.05) is 42.5 Å². The Hall–Kier alpha value is -4.32. The Bertz CT molecular complexity index is 1410. The van der Waals surface area contributed by atoms with Crippen molar-refractivity contribution in [1.82, 2.24) is 4.90 Å². The summed E-state index contributed by atoms with van der Waals surface area (Å²) in [6.07, 6.45) is 1.53. The van der Waals surface area contributed by atoms with E-state index in [1.165, 1.54) is 11.2 Å². The average molecular weight is 468 g/mol. The first kappa shape index (κ1) is 22.5. The summed E-state index contributed by atoms with van der Waals surface area (Å²) in [5, 5.41) is 13.2. The quantitative estimate of drug-likeness (QED) is 0.219. The van der Waals surface area contributed by atoms with Gasteiger partial charge in [-0.15, -0.1) is 0 Å². The third kappa shape index (κ3) is 4.19. The molecule has 1 saturated heterocycles. The minimum Gasteiger partial charge on any atom is -0.507 e. The first-order valence-corrected chi connectivity index (χ1v) is 11.5. The van der Waals surface area contributed by atoms with E-state index in [0.29, 0.717) is 17.1 Å². The Kier molecular flexibility index (Phi) is 5.87. The van der Waals surface area contributed by atoms with Crippen LogP contribution in [0.1, 0.15) is 36.8 Å². The zero-order valence-electron chi connectivity index (χ0n) is 19.5. The Morgan fingerprint density at radius 2 is 1.71 bits per heavy atom. The van der Waals surface area contributed by atoms with Gasteiger partial charge in [0, 0.05) is 5.56 Å². The van der Waals surface area contributed by atoms with Gasteiger partial charge in [0.05, 0.1) is 30.5 Å². The molecule has 1 fully saturated rings. The SMILES string of the molecule is CC(C)Oc1ccc(/C(O)=C2/C(=O)C(=O)N(Cc3ccco3)C2c2cccc3ccccc23)cc1. The number of hydrogen-bond donors (Lipinski definition) is 1. The molecule has 0 aliphatic carbocycles. The normalized spacial score (nSPS) is 17.5. The standard InChI is InChI=1S/C29H25NO5/c1-18(2)35-21-14-12-20(13-15-21)27(31)25-26(24-11-5-8-19-7-3-4-10-23(19)24)30(29(33)28(25)32)17-22-9-6-16-34-22/h3-16,18,26,31H,17H2,1-2H3/b27-25-. The molecule has 2 heterocycles. The number of furan rings is 1. The van der Waals surface area contributed by atoms with Crippen molar-refractivity contribution in [3.63, 3.8) is 0 Å². The van der Waals surface area contributed by atoms with Crippen LogP contribution in [0.15, 0.2) is 95.1 Å². The van der Waals surface area contributed by atoms with Crippen LogP contribution in [0.4, 0.5) is 0 Å². The van der Waals surface area contributed by atoms with Crippen LogP contribution < -0.4 is 4.74 Å². The fourth-order valence-corrected chi connectivity index (χ4v) is 4.54. The number of amides is 1. The fraction of sp³-hybridized carbons (Fsp3) is 0.172. The number of hydrogen-bond acceptors (Lipinski definition) is 5. The zero-order chi connectivity index (χ0) is 24.5. The van der Waals surface area contributed by atoms with Crippen molar-refractivity contribution in [3.05, 3.63) is 108 Å². The largest absolute Gasteiger partial charge is 0.507 e. The molecule has 1 N–H and O–H groups in total. The van der Waals surface area contributed by atoms with Crippen LogP contribution >= 0.6 is 0 Å². The molecule has 1 aliphatic heterocycles. The van der Waals surface area contributed by atoms with Gasteiger partial charge in [0.1, 0.15) is 17.3 Å². The predicted octanol–water partition coefficient (Wildman–Crippen LogP) is 5.84. The Balaban J connectivity index is 1.67. The smallest absolute Gasteiger partial charge is 0.296 e. The zero-order valence-corrected chi connectivity index (χ0v) is 19.5. The molecule has 0 radical (unpaired) electrons. The molecule has 1 aliphatic rings. The van der Waals surface area contributed by atoms with Crippen LogP contribution in [0.2, 0.25) is 0 Å². The summed E-state index contributed by atoms with van der Waals surface area (Å²) in [5.41, 5.74) is 1.24. The molecule has 0 saturated carbocycles. The number of likely N-dealkylation sites (tertiary alicyclic amines) is 1. The molecule has 5 rings (SSSR count). The van der Waals surface area contributed by atoms with Crippen LogP contribution in [0.5, 0.6) is 5.75 Å². The van der Waals surface area contributed by atoms with E-state index in [1.807, 2.05) is 56.3 Å². The second-order valence-electron chi connectivity index (χ2n) is 8.77. The number of nitrogens with zero attached hydrogens (tertiary/aromatic N) is 1. The van der Waals surface area contributed by atoms with Crippen LogP contribution in [0.25, 0.3) is 16.5 Å². The summed E-state index contributed by atoms with van der Waals surface area (Å²) in [4.78, 5) is 28.0. The molecule has 176 valence electrons. The molecule has 6 heteroatoms. The minimum absolute atomic E-state index is 0.00716. The van der Waals surface area contributed by atoms with Crippen molar-refractivity contribution < 1.29 is 23.8 Å². The van der Waals surface area contributed by atoms with Crippen molar-refractivity contribution in [2.24, 2.45) is 0 Å². The molecule has 1 atom stereocenters. The summed E-state index contributed by atoms with van der Waals surface area (Å²) in [6, 6.07) is 23.1. The third-order valence-corrected chi connectivity index (χ3v) is 6.06. The molecular formula is C29H25NO5. The van der Waals surface area contributed by atoms with Crippen molar-refractivity contribution in [1.29, 1.82) is 0 Å². The maximum atomic E-state index is 13.3. The van der Waals surface area contributed by atoms with Crippen molar-refractivity contribution in [2.75, 3.05) is 0 Å². The number of ether oxygens (including phenoxy) is 1. The molecule has 4 aromatic rings. The number of benzene rings is 3. The lowest BCUT2D eigenvalue weighted by atomic mass is 9.91. The fourth-order valence-electron chi connectivity index (χ4n) is 4.54. The minimum atomic E-state index is -0.780. The lowest BCUT2D eigenvalue weighted by Crippen LogP contribution is -2.29. The first-order valence-electron chi connectivity index (χ1n) is 11.5. The van der Waals surface area contributed by atoms with Crippen LogP contribution in [-0.2, 0) is 16.1 Å². The van der Waals surface area contributed by atoms with Gasteiger partial charge < -0.3 is 19.2 Å². The van der Waals surface area contributed by atoms with Gasteiger partial charge in [-0.05, 0) is 66.6 Å². The monoisotopic (exact) mass is 467 g/mol. The van der Waals surface area contributed by atoms with Crippen LogP contribution in [0.3, 0.4) is 0 Å². The molecule has 6 nitrogen and oxygen atoms in total. The average Bonchev–Trinajstić information content (AvgIpc) is 3.46. The molecule has 35 heavy (non-hydrogen) atoms. The molecule has 1 amide bonds.